The minimum Gasteiger partial charge on any atom is -0.463 e. The lowest BCUT2D eigenvalue weighted by Gasteiger charge is -2.28. The zero-order valence-corrected chi connectivity index (χ0v) is 14.8. The number of carbonyl (C=O) groups excluding carboxylic acids is 2. The number of benzene rings is 1. The maximum Gasteiger partial charge on any atom is 0.319 e. The molecule has 1 aromatic carbocycles. The Balaban J connectivity index is 1.92. The number of fused-ring (bicyclic) bond motifs is 5. The lowest BCUT2D eigenvalue weighted by atomic mass is 9.95. The molecule has 0 bridgehead atoms. The van der Waals surface area contributed by atoms with Crippen LogP contribution in [0.4, 0.5) is 0 Å². The van der Waals surface area contributed by atoms with Gasteiger partial charge in [-0.3, -0.25) is 19.0 Å². The van der Waals surface area contributed by atoms with Crippen molar-refractivity contribution in [2.75, 3.05) is 13.2 Å². The topological polar surface area (TPSA) is 107 Å². The van der Waals surface area contributed by atoms with Crippen LogP contribution < -0.4 is 11.3 Å². The highest BCUT2D eigenvalue weighted by Crippen LogP contribution is 2.37. The number of H-pyrrole nitrogens is 1. The second-order valence-corrected chi connectivity index (χ2v) is 6.63. The maximum absolute atomic E-state index is 13.0. The summed E-state index contributed by atoms with van der Waals surface area (Å²) < 4.78 is 6.78. The normalized spacial score (nSPS) is 15.3. The van der Waals surface area contributed by atoms with Gasteiger partial charge in [-0.1, -0.05) is 18.2 Å². The van der Waals surface area contributed by atoms with E-state index < -0.39 is 12.0 Å². The number of nitrogens with zero attached hydrogens (tertiary/aromatic N) is 1. The van der Waals surface area contributed by atoms with Gasteiger partial charge in [0.05, 0.1) is 29.5 Å². The van der Waals surface area contributed by atoms with Crippen LogP contribution in [0, 0.1) is 0 Å². The SMILES string of the molecule is CC(=O)c1ccc2n(c1=O)[C@H](COC(=O)CN)Cc1c-2[nH]c2ccccc12. The number of pyridine rings is 1. The van der Waals surface area contributed by atoms with Crippen LogP contribution in [-0.4, -0.2) is 34.5 Å². The fourth-order valence-electron chi connectivity index (χ4n) is 3.73. The summed E-state index contributed by atoms with van der Waals surface area (Å²) in [6.07, 6.45) is 0.505. The molecule has 0 aliphatic carbocycles. The number of nitrogens with one attached hydrogen (secondary N) is 1. The molecule has 7 heteroatoms. The molecule has 1 aliphatic heterocycles. The number of Topliss-reactive ketones (excluding diaryl/α,β-unsaturated/α-hetero) is 1. The number of aromatic nitrogens is 2. The van der Waals surface area contributed by atoms with Crippen molar-refractivity contribution < 1.29 is 14.3 Å². The number of para-hydroxylation sites is 1. The number of ether oxygens (including phenoxy) is 1. The fraction of sp³-hybridized carbons (Fsp3) is 0.250. The molecule has 0 saturated heterocycles. The summed E-state index contributed by atoms with van der Waals surface area (Å²) in [7, 11) is 0. The Morgan fingerprint density at radius 2 is 2.04 bits per heavy atom. The number of hydrogen-bond donors (Lipinski definition) is 2. The largest absolute Gasteiger partial charge is 0.463 e. The second-order valence-electron chi connectivity index (χ2n) is 6.63. The summed E-state index contributed by atoms with van der Waals surface area (Å²) in [5.41, 5.74) is 8.62. The second kappa shape index (κ2) is 6.51. The van der Waals surface area contributed by atoms with Gasteiger partial charge in [-0.2, -0.15) is 0 Å². The molecule has 0 saturated carbocycles. The van der Waals surface area contributed by atoms with Gasteiger partial charge in [-0.15, -0.1) is 0 Å². The number of carbonyl (C=O) groups is 2. The monoisotopic (exact) mass is 365 g/mol. The first kappa shape index (κ1) is 17.2. The molecule has 0 unspecified atom stereocenters. The zero-order chi connectivity index (χ0) is 19.1. The fourth-order valence-corrected chi connectivity index (χ4v) is 3.73. The molecule has 1 atom stereocenters. The van der Waals surface area contributed by atoms with Gasteiger partial charge in [0, 0.05) is 10.9 Å². The minimum atomic E-state index is -0.531. The average molecular weight is 365 g/mol. The molecule has 7 nitrogen and oxygen atoms in total. The van der Waals surface area contributed by atoms with E-state index in [0.717, 1.165) is 22.2 Å². The lowest BCUT2D eigenvalue weighted by Crippen LogP contribution is -2.36. The molecule has 27 heavy (non-hydrogen) atoms. The van der Waals surface area contributed by atoms with Gasteiger partial charge in [-0.05, 0) is 37.1 Å². The van der Waals surface area contributed by atoms with Gasteiger partial charge in [0.25, 0.3) is 5.56 Å². The smallest absolute Gasteiger partial charge is 0.319 e. The van der Waals surface area contributed by atoms with E-state index in [9.17, 15) is 14.4 Å². The molecule has 138 valence electrons. The molecular formula is C20H19N3O4. The predicted molar refractivity (Wildman–Crippen MR) is 101 cm³/mol. The van der Waals surface area contributed by atoms with Crippen molar-refractivity contribution >= 4 is 22.7 Å². The van der Waals surface area contributed by atoms with Crippen LogP contribution in [-0.2, 0) is 16.0 Å². The van der Waals surface area contributed by atoms with Gasteiger partial charge in [-0.25, -0.2) is 0 Å². The molecule has 0 radical (unpaired) electrons. The van der Waals surface area contributed by atoms with E-state index in [1.54, 1.807) is 16.7 Å². The molecular weight excluding hydrogens is 346 g/mol. The molecule has 0 amide bonds. The molecule has 0 spiro atoms. The molecule has 2 aromatic heterocycles. The Kier molecular flexibility index (Phi) is 4.16. The van der Waals surface area contributed by atoms with Crippen LogP contribution in [0.5, 0.6) is 0 Å². The first-order chi connectivity index (χ1) is 13.0. The molecule has 0 fully saturated rings. The summed E-state index contributed by atoms with van der Waals surface area (Å²) in [6, 6.07) is 10.8. The van der Waals surface area contributed by atoms with Crippen molar-refractivity contribution in [1.29, 1.82) is 0 Å². The molecule has 4 rings (SSSR count). The first-order valence-corrected chi connectivity index (χ1v) is 8.73. The van der Waals surface area contributed by atoms with E-state index >= 15 is 0 Å². The summed E-state index contributed by atoms with van der Waals surface area (Å²) in [4.78, 5) is 39.7. The highest BCUT2D eigenvalue weighted by molar-refractivity contribution is 5.95. The molecule has 1 aliphatic rings. The van der Waals surface area contributed by atoms with Crippen molar-refractivity contribution in [3.8, 4) is 11.4 Å². The number of aromatic amines is 1. The number of ketones is 1. The third kappa shape index (κ3) is 2.76. The van der Waals surface area contributed by atoms with E-state index in [0.29, 0.717) is 12.1 Å². The van der Waals surface area contributed by atoms with Crippen molar-refractivity contribution in [3.05, 3.63) is 57.9 Å². The summed E-state index contributed by atoms with van der Waals surface area (Å²) >= 11 is 0. The summed E-state index contributed by atoms with van der Waals surface area (Å²) in [5.74, 6) is -0.826. The average Bonchev–Trinajstić information content (AvgIpc) is 3.04. The number of rotatable bonds is 4. The van der Waals surface area contributed by atoms with Gasteiger partial charge in [0.15, 0.2) is 5.78 Å². The van der Waals surface area contributed by atoms with Crippen molar-refractivity contribution in [2.24, 2.45) is 5.73 Å². The summed E-state index contributed by atoms with van der Waals surface area (Å²) in [6.45, 7) is 1.16. The maximum atomic E-state index is 13.0. The zero-order valence-electron chi connectivity index (χ0n) is 14.8. The van der Waals surface area contributed by atoms with E-state index in [1.165, 1.54) is 6.92 Å². The van der Waals surface area contributed by atoms with E-state index in [4.69, 9.17) is 10.5 Å². The van der Waals surface area contributed by atoms with E-state index in [1.807, 2.05) is 24.3 Å². The van der Waals surface area contributed by atoms with Gasteiger partial charge >= 0.3 is 5.97 Å². The Labute approximate surface area is 154 Å². The summed E-state index contributed by atoms with van der Waals surface area (Å²) in [5, 5.41) is 1.07. The Bertz CT molecular complexity index is 1130. The predicted octanol–water partition coefficient (Wildman–Crippen LogP) is 1.80. The van der Waals surface area contributed by atoms with Crippen molar-refractivity contribution in [3.63, 3.8) is 0 Å². The van der Waals surface area contributed by atoms with E-state index in [-0.39, 0.29) is 30.1 Å². The third-order valence-electron chi connectivity index (χ3n) is 4.97. The number of esters is 1. The van der Waals surface area contributed by atoms with Gasteiger partial charge in [0.2, 0.25) is 0 Å². The van der Waals surface area contributed by atoms with Crippen LogP contribution in [0.3, 0.4) is 0 Å². The van der Waals surface area contributed by atoms with Gasteiger partial charge in [0.1, 0.15) is 6.61 Å². The quantitative estimate of drug-likeness (QED) is 0.541. The van der Waals surface area contributed by atoms with Crippen LogP contribution in [0.15, 0.2) is 41.2 Å². The Hall–Kier alpha value is -3.19. The molecule has 3 N–H and O–H groups in total. The lowest BCUT2D eigenvalue weighted by molar-refractivity contribution is -0.143. The molecule has 3 heterocycles. The first-order valence-electron chi connectivity index (χ1n) is 8.73. The van der Waals surface area contributed by atoms with Gasteiger partial charge < -0.3 is 15.5 Å². The standard InChI is InChI=1S/C20H19N3O4/c1-11(24)13-6-7-17-19-15(14-4-2-3-5-16(14)22-19)8-12(23(17)20(13)26)10-27-18(25)9-21/h2-7,12,22H,8-10,21H2,1H3/t12-/m0/s1. The Morgan fingerprint density at radius 1 is 1.26 bits per heavy atom. The van der Waals surface area contributed by atoms with E-state index in [2.05, 4.69) is 4.98 Å². The third-order valence-corrected chi connectivity index (χ3v) is 4.97. The highest BCUT2D eigenvalue weighted by Gasteiger charge is 2.30. The molecule has 3 aromatic rings. The van der Waals surface area contributed by atoms with Crippen LogP contribution >= 0.6 is 0 Å². The number of hydrogen-bond acceptors (Lipinski definition) is 5. The number of nitrogens with two attached hydrogens (primary N) is 1. The highest BCUT2D eigenvalue weighted by atomic mass is 16.5. The van der Waals surface area contributed by atoms with Crippen LogP contribution in [0.2, 0.25) is 0 Å². The Morgan fingerprint density at radius 3 is 2.78 bits per heavy atom. The van der Waals surface area contributed by atoms with Crippen LogP contribution in [0.1, 0.15) is 28.9 Å². The van der Waals surface area contributed by atoms with Crippen LogP contribution in [0.25, 0.3) is 22.3 Å². The van der Waals surface area contributed by atoms with Crippen molar-refractivity contribution in [2.45, 2.75) is 19.4 Å². The minimum absolute atomic E-state index is 0.0171. The van der Waals surface area contributed by atoms with Crippen molar-refractivity contribution in [1.82, 2.24) is 9.55 Å².